The van der Waals surface area contributed by atoms with Crippen LogP contribution in [0, 0.1) is 6.92 Å². The third-order valence-corrected chi connectivity index (χ3v) is 8.13. The van der Waals surface area contributed by atoms with Gasteiger partial charge in [0.15, 0.2) is 11.5 Å². The van der Waals surface area contributed by atoms with E-state index >= 15 is 0 Å². The predicted octanol–water partition coefficient (Wildman–Crippen LogP) is 8.02. The molecule has 1 aliphatic heterocycles. The van der Waals surface area contributed by atoms with Crippen molar-refractivity contribution < 1.29 is 14.3 Å². The van der Waals surface area contributed by atoms with Gasteiger partial charge in [0.25, 0.3) is 5.91 Å². The van der Waals surface area contributed by atoms with Crippen molar-refractivity contribution in [3.8, 4) is 11.5 Å². The molecular formula is C31H31BrClN5O3S. The number of thioether (sulfide) groups is 1. The summed E-state index contributed by atoms with van der Waals surface area (Å²) in [7, 11) is 0. The van der Waals surface area contributed by atoms with Gasteiger partial charge in [0.2, 0.25) is 11.1 Å². The number of carbonyl (C=O) groups excluding carboxylic acids is 1. The van der Waals surface area contributed by atoms with E-state index in [1.165, 1.54) is 11.8 Å². The number of anilines is 2. The van der Waals surface area contributed by atoms with Crippen molar-refractivity contribution in [1.29, 1.82) is 0 Å². The number of benzene rings is 3. The molecule has 42 heavy (non-hydrogen) atoms. The van der Waals surface area contributed by atoms with Crippen LogP contribution in [0.15, 0.2) is 81.6 Å². The van der Waals surface area contributed by atoms with E-state index in [9.17, 15) is 4.79 Å². The number of ether oxygens (including phenoxy) is 2. The quantitative estimate of drug-likeness (QED) is 0.166. The highest BCUT2D eigenvalue weighted by molar-refractivity contribution is 9.10. The lowest BCUT2D eigenvalue weighted by Gasteiger charge is -2.29. The lowest BCUT2D eigenvalue weighted by Crippen LogP contribution is -2.31. The SMILES string of the molecule is CCOc1cc(C2C(C(=O)Nc3cccc(C)c3)=C(C)Nc3nc(SCC)nn32)cc(Br)c1OCc1ccc(Cl)cc1. The summed E-state index contributed by atoms with van der Waals surface area (Å²) < 4.78 is 14.7. The van der Waals surface area contributed by atoms with Gasteiger partial charge in [-0.2, -0.15) is 4.98 Å². The van der Waals surface area contributed by atoms with Gasteiger partial charge >= 0.3 is 0 Å². The molecule has 1 aromatic heterocycles. The first-order valence-corrected chi connectivity index (χ1v) is 15.7. The largest absolute Gasteiger partial charge is 0.490 e. The Morgan fingerprint density at radius 3 is 2.62 bits per heavy atom. The molecule has 0 spiro atoms. The average molecular weight is 669 g/mol. The zero-order valence-electron chi connectivity index (χ0n) is 23.7. The number of allylic oxidation sites excluding steroid dienone is 1. The van der Waals surface area contributed by atoms with Crippen LogP contribution in [0.4, 0.5) is 11.6 Å². The van der Waals surface area contributed by atoms with Crippen LogP contribution in [0.5, 0.6) is 11.5 Å². The number of aromatic nitrogens is 3. The molecule has 0 bridgehead atoms. The molecule has 8 nitrogen and oxygen atoms in total. The number of rotatable bonds is 10. The fraction of sp³-hybridized carbons (Fsp3) is 0.258. The summed E-state index contributed by atoms with van der Waals surface area (Å²) >= 11 is 11.3. The topological polar surface area (TPSA) is 90.3 Å². The maximum absolute atomic E-state index is 13.9. The van der Waals surface area contributed by atoms with E-state index in [0.29, 0.717) is 62.3 Å². The number of hydrogen-bond donors (Lipinski definition) is 2. The molecule has 1 atom stereocenters. The summed E-state index contributed by atoms with van der Waals surface area (Å²) in [6.07, 6.45) is 0. The van der Waals surface area contributed by atoms with Crippen molar-refractivity contribution in [2.75, 3.05) is 23.0 Å². The van der Waals surface area contributed by atoms with Gasteiger partial charge in [-0.1, -0.05) is 54.6 Å². The van der Waals surface area contributed by atoms with Gasteiger partial charge in [-0.25, -0.2) is 4.68 Å². The van der Waals surface area contributed by atoms with Crippen LogP contribution in [0.25, 0.3) is 0 Å². The minimum atomic E-state index is -0.578. The van der Waals surface area contributed by atoms with Gasteiger partial charge in [-0.3, -0.25) is 4.79 Å². The second-order valence-corrected chi connectivity index (χ2v) is 12.2. The highest BCUT2D eigenvalue weighted by atomic mass is 79.9. The van der Waals surface area contributed by atoms with Crippen LogP contribution >= 0.6 is 39.3 Å². The molecule has 4 aromatic rings. The molecule has 0 saturated heterocycles. The fourth-order valence-electron chi connectivity index (χ4n) is 4.73. The van der Waals surface area contributed by atoms with Crippen molar-refractivity contribution in [1.82, 2.24) is 14.8 Å². The van der Waals surface area contributed by atoms with Crippen LogP contribution in [0.2, 0.25) is 5.02 Å². The first-order valence-electron chi connectivity index (χ1n) is 13.6. The third-order valence-electron chi connectivity index (χ3n) is 6.57. The van der Waals surface area contributed by atoms with Crippen molar-refractivity contribution in [3.05, 3.63) is 98.1 Å². The Kier molecular flexibility index (Phi) is 9.45. The van der Waals surface area contributed by atoms with Gasteiger partial charge in [0.05, 0.1) is 16.7 Å². The highest BCUT2D eigenvalue weighted by Gasteiger charge is 2.35. The molecule has 218 valence electrons. The lowest BCUT2D eigenvalue weighted by atomic mass is 9.94. The molecule has 5 rings (SSSR count). The standard InChI is InChI=1S/C31H31BrClN5O3S/c1-5-40-25-16-21(15-24(32)28(25)41-17-20-10-12-22(33)13-11-20)27-26(29(39)35-23-9-7-8-18(3)14-23)19(4)34-30-36-31(42-6-2)37-38(27)30/h7-16,27H,5-6,17H2,1-4H3,(H,35,39)(H,34,36,37). The molecular weight excluding hydrogens is 638 g/mol. The maximum atomic E-state index is 13.9. The summed E-state index contributed by atoms with van der Waals surface area (Å²) in [5.41, 5.74) is 4.74. The fourth-order valence-corrected chi connectivity index (χ4v) is 5.99. The molecule has 11 heteroatoms. The normalized spacial score (nSPS) is 14.3. The van der Waals surface area contributed by atoms with Crippen LogP contribution in [-0.4, -0.2) is 33.0 Å². The molecule has 0 aliphatic carbocycles. The number of aryl methyl sites for hydroxylation is 1. The Balaban J connectivity index is 1.56. The van der Waals surface area contributed by atoms with Gasteiger partial charge in [0, 0.05) is 16.4 Å². The number of fused-ring (bicyclic) bond motifs is 1. The van der Waals surface area contributed by atoms with E-state index < -0.39 is 6.04 Å². The Bertz CT molecular complexity index is 1640. The second kappa shape index (κ2) is 13.2. The van der Waals surface area contributed by atoms with E-state index in [-0.39, 0.29) is 5.91 Å². The minimum absolute atomic E-state index is 0.237. The summed E-state index contributed by atoms with van der Waals surface area (Å²) in [6.45, 7) is 8.60. The monoisotopic (exact) mass is 667 g/mol. The summed E-state index contributed by atoms with van der Waals surface area (Å²) in [6, 6.07) is 18.5. The zero-order chi connectivity index (χ0) is 29.8. The van der Waals surface area contributed by atoms with E-state index in [2.05, 4.69) is 31.5 Å². The van der Waals surface area contributed by atoms with Crippen molar-refractivity contribution in [2.45, 2.75) is 45.5 Å². The minimum Gasteiger partial charge on any atom is -0.490 e. The predicted molar refractivity (Wildman–Crippen MR) is 172 cm³/mol. The summed E-state index contributed by atoms with van der Waals surface area (Å²) in [5.74, 6) is 2.27. The van der Waals surface area contributed by atoms with Gasteiger partial charge in [-0.15, -0.1) is 5.10 Å². The van der Waals surface area contributed by atoms with E-state index in [1.54, 1.807) is 4.68 Å². The molecule has 1 unspecified atom stereocenters. The van der Waals surface area contributed by atoms with Crippen molar-refractivity contribution in [2.24, 2.45) is 0 Å². The van der Waals surface area contributed by atoms with Gasteiger partial charge in [-0.05, 0) is 95.5 Å². The van der Waals surface area contributed by atoms with Crippen LogP contribution in [0.3, 0.4) is 0 Å². The van der Waals surface area contributed by atoms with E-state index in [1.807, 2.05) is 88.4 Å². The van der Waals surface area contributed by atoms with Crippen LogP contribution in [-0.2, 0) is 11.4 Å². The van der Waals surface area contributed by atoms with Gasteiger partial charge in [0.1, 0.15) is 12.6 Å². The smallest absolute Gasteiger partial charge is 0.255 e. The van der Waals surface area contributed by atoms with Crippen molar-refractivity contribution in [3.63, 3.8) is 0 Å². The number of halogens is 2. The van der Waals surface area contributed by atoms with Crippen molar-refractivity contribution >= 4 is 56.8 Å². The highest BCUT2D eigenvalue weighted by Crippen LogP contribution is 2.43. The Hall–Kier alpha value is -3.47. The molecule has 1 amide bonds. The third kappa shape index (κ3) is 6.61. The van der Waals surface area contributed by atoms with E-state index in [0.717, 1.165) is 22.4 Å². The molecule has 1 aliphatic rings. The number of amides is 1. The van der Waals surface area contributed by atoms with Gasteiger partial charge < -0.3 is 20.1 Å². The van der Waals surface area contributed by atoms with E-state index in [4.69, 9.17) is 26.2 Å². The molecule has 2 N–H and O–H groups in total. The lowest BCUT2D eigenvalue weighted by molar-refractivity contribution is -0.113. The second-order valence-electron chi connectivity index (χ2n) is 9.66. The van der Waals surface area contributed by atoms with Crippen LogP contribution in [0.1, 0.15) is 43.5 Å². The molecule has 0 fully saturated rings. The molecule has 0 saturated carbocycles. The zero-order valence-corrected chi connectivity index (χ0v) is 26.9. The number of nitrogens with one attached hydrogen (secondary N) is 2. The Morgan fingerprint density at radius 2 is 1.90 bits per heavy atom. The number of nitrogens with zero attached hydrogens (tertiary/aromatic N) is 3. The summed E-state index contributed by atoms with van der Waals surface area (Å²) in [5, 5.41) is 12.5. The number of hydrogen-bond acceptors (Lipinski definition) is 7. The maximum Gasteiger partial charge on any atom is 0.255 e. The van der Waals surface area contributed by atoms with Crippen LogP contribution < -0.4 is 20.1 Å². The molecule has 0 radical (unpaired) electrons. The number of carbonyl (C=O) groups is 1. The first-order chi connectivity index (χ1) is 20.3. The average Bonchev–Trinajstić information content (AvgIpc) is 3.34. The molecule has 2 heterocycles. The Labute approximate surface area is 263 Å². The summed E-state index contributed by atoms with van der Waals surface area (Å²) in [4.78, 5) is 18.6. The molecule has 3 aromatic carbocycles. The first kappa shape index (κ1) is 30.0. The Morgan fingerprint density at radius 1 is 1.12 bits per heavy atom.